The number of hydrogen-bond donors (Lipinski definition) is 1. The van der Waals surface area contributed by atoms with Gasteiger partial charge in [-0.25, -0.2) is 14.4 Å². The maximum Gasteiger partial charge on any atom is 0.416 e. The third-order valence-corrected chi connectivity index (χ3v) is 7.98. The first kappa shape index (κ1) is 30.0. The molecule has 224 valence electrons. The van der Waals surface area contributed by atoms with Crippen LogP contribution in [0.3, 0.4) is 0 Å². The maximum atomic E-state index is 15.7. The van der Waals surface area contributed by atoms with E-state index in [2.05, 4.69) is 20.2 Å². The highest BCUT2D eigenvalue weighted by Gasteiger charge is 2.32. The Hall–Kier alpha value is -3.48. The van der Waals surface area contributed by atoms with E-state index in [9.17, 15) is 18.0 Å². The van der Waals surface area contributed by atoms with E-state index in [0.29, 0.717) is 56.6 Å². The first-order valence-corrected chi connectivity index (χ1v) is 13.9. The van der Waals surface area contributed by atoms with Crippen LogP contribution in [0.2, 0.25) is 5.02 Å². The molecule has 2 atom stereocenters. The summed E-state index contributed by atoms with van der Waals surface area (Å²) in [5.41, 5.74) is -0.135. The molecule has 2 aliphatic heterocycles. The molecule has 1 amide bonds. The summed E-state index contributed by atoms with van der Waals surface area (Å²) in [6.07, 6.45) is -1.67. The number of piperazine rings is 1. The number of anilines is 3. The van der Waals surface area contributed by atoms with Crippen molar-refractivity contribution in [2.75, 3.05) is 61.6 Å². The van der Waals surface area contributed by atoms with Crippen LogP contribution >= 0.6 is 11.6 Å². The highest BCUT2D eigenvalue weighted by molar-refractivity contribution is 6.31. The molecule has 2 aliphatic rings. The molecular weight excluding hydrogens is 576 g/mol. The molecule has 13 heteroatoms. The topological polar surface area (TPSA) is 73.8 Å². The van der Waals surface area contributed by atoms with E-state index in [1.165, 1.54) is 24.5 Å². The summed E-state index contributed by atoms with van der Waals surface area (Å²) >= 11 is 5.93. The number of ether oxygens (including phenoxy) is 1. The number of aromatic nitrogens is 2. The van der Waals surface area contributed by atoms with Crippen molar-refractivity contribution in [1.29, 1.82) is 0 Å². The van der Waals surface area contributed by atoms with E-state index in [4.69, 9.17) is 16.3 Å². The molecule has 0 spiro atoms. The number of carbonyl (C=O) groups is 1. The Labute approximate surface area is 246 Å². The Morgan fingerprint density at radius 3 is 2.26 bits per heavy atom. The lowest BCUT2D eigenvalue weighted by Crippen LogP contribution is -2.55. The van der Waals surface area contributed by atoms with Crippen LogP contribution < -0.4 is 15.1 Å². The van der Waals surface area contributed by atoms with Crippen molar-refractivity contribution in [3.05, 3.63) is 64.7 Å². The number of nitrogens with one attached hydrogen (secondary N) is 1. The Bertz CT molecular complexity index is 1440. The molecule has 0 radical (unpaired) electrons. The van der Waals surface area contributed by atoms with Crippen LogP contribution in [-0.2, 0) is 10.9 Å². The lowest BCUT2D eigenvalue weighted by Gasteiger charge is -2.44. The quantitative estimate of drug-likeness (QED) is 0.381. The average Bonchev–Trinajstić information content (AvgIpc) is 2.96. The van der Waals surface area contributed by atoms with Gasteiger partial charge in [-0.15, -0.1) is 0 Å². The van der Waals surface area contributed by atoms with Crippen molar-refractivity contribution in [3.8, 4) is 11.1 Å². The van der Waals surface area contributed by atoms with Crippen molar-refractivity contribution in [2.45, 2.75) is 32.1 Å². The van der Waals surface area contributed by atoms with E-state index in [-0.39, 0.29) is 33.9 Å². The standard InChI is InChI=1S/C29H31ClF4N6O2/c1-17-15-40(16-18(2)38(17)3)26-12-24(31)23(20-13-35-28(36-14-20)39-4-6-42-7-5-39)11-25(26)37-27(41)19-8-21(29(32,33)34)10-22(30)9-19/h8-14,17-18H,4-7,15-16H2,1-3H3,(H,37,41)/t17-,18?/m0/s1. The molecule has 3 heterocycles. The number of benzene rings is 2. The Morgan fingerprint density at radius 2 is 1.64 bits per heavy atom. The number of rotatable bonds is 5. The molecule has 1 aromatic heterocycles. The van der Waals surface area contributed by atoms with Gasteiger partial charge in [-0.2, -0.15) is 13.2 Å². The van der Waals surface area contributed by atoms with Gasteiger partial charge in [0.25, 0.3) is 5.91 Å². The number of amides is 1. The molecule has 2 saturated heterocycles. The van der Waals surface area contributed by atoms with E-state index in [0.717, 1.165) is 18.2 Å². The van der Waals surface area contributed by atoms with Gasteiger partial charge in [0.05, 0.1) is 30.2 Å². The fraction of sp³-hybridized carbons (Fsp3) is 0.414. The third-order valence-electron chi connectivity index (χ3n) is 7.76. The Kier molecular flexibility index (Phi) is 8.58. The predicted octanol–water partition coefficient (Wildman–Crippen LogP) is 5.57. The van der Waals surface area contributed by atoms with E-state index >= 15 is 4.39 Å². The second-order valence-electron chi connectivity index (χ2n) is 10.7. The number of morpholine rings is 1. The number of hydrogen-bond acceptors (Lipinski definition) is 7. The highest BCUT2D eigenvalue weighted by Crippen LogP contribution is 2.37. The van der Waals surface area contributed by atoms with Crippen LogP contribution in [0, 0.1) is 5.82 Å². The largest absolute Gasteiger partial charge is 0.416 e. The lowest BCUT2D eigenvalue weighted by atomic mass is 10.0. The van der Waals surface area contributed by atoms with Gasteiger partial charge in [0.2, 0.25) is 5.95 Å². The number of likely N-dealkylation sites (N-methyl/N-ethyl adjacent to an activating group) is 1. The predicted molar refractivity (Wildman–Crippen MR) is 154 cm³/mol. The highest BCUT2D eigenvalue weighted by atomic mass is 35.5. The van der Waals surface area contributed by atoms with E-state index in [1.807, 2.05) is 30.7 Å². The minimum absolute atomic E-state index is 0.128. The summed E-state index contributed by atoms with van der Waals surface area (Å²) in [5.74, 6) is -0.863. The van der Waals surface area contributed by atoms with E-state index < -0.39 is 23.5 Å². The smallest absolute Gasteiger partial charge is 0.378 e. The summed E-state index contributed by atoms with van der Waals surface area (Å²) in [4.78, 5) is 28.3. The van der Waals surface area contributed by atoms with Gasteiger partial charge >= 0.3 is 6.18 Å². The molecule has 0 saturated carbocycles. The zero-order valence-electron chi connectivity index (χ0n) is 23.4. The van der Waals surface area contributed by atoms with Gasteiger partial charge in [-0.05, 0) is 51.2 Å². The molecule has 8 nitrogen and oxygen atoms in total. The summed E-state index contributed by atoms with van der Waals surface area (Å²) in [7, 11) is 2.01. The minimum Gasteiger partial charge on any atom is -0.378 e. The van der Waals surface area contributed by atoms with Crippen LogP contribution in [0.4, 0.5) is 34.9 Å². The van der Waals surface area contributed by atoms with Crippen molar-refractivity contribution >= 4 is 34.8 Å². The molecule has 2 fully saturated rings. The van der Waals surface area contributed by atoms with Crippen molar-refractivity contribution in [1.82, 2.24) is 14.9 Å². The fourth-order valence-corrected chi connectivity index (χ4v) is 5.45. The SMILES string of the molecule is CC1CN(c2cc(F)c(-c3cnc(N4CCOCC4)nc3)cc2NC(=O)c2cc(Cl)cc(C(F)(F)F)c2)C[C@H](C)N1C. The van der Waals surface area contributed by atoms with Gasteiger partial charge in [0.15, 0.2) is 0 Å². The zero-order valence-corrected chi connectivity index (χ0v) is 24.1. The van der Waals surface area contributed by atoms with Crippen molar-refractivity contribution in [2.24, 2.45) is 0 Å². The maximum absolute atomic E-state index is 15.7. The van der Waals surface area contributed by atoms with Crippen molar-refractivity contribution < 1.29 is 27.1 Å². The zero-order chi connectivity index (χ0) is 30.2. The molecule has 0 bridgehead atoms. The Morgan fingerprint density at radius 1 is 1.00 bits per heavy atom. The lowest BCUT2D eigenvalue weighted by molar-refractivity contribution is -0.137. The fourth-order valence-electron chi connectivity index (χ4n) is 5.21. The molecule has 3 aromatic rings. The van der Waals surface area contributed by atoms with Crippen LogP contribution in [0.1, 0.15) is 29.8 Å². The monoisotopic (exact) mass is 606 g/mol. The molecule has 0 aliphatic carbocycles. The number of carbonyl (C=O) groups excluding carboxylic acids is 1. The number of nitrogens with zero attached hydrogens (tertiary/aromatic N) is 5. The number of halogens is 5. The summed E-state index contributed by atoms with van der Waals surface area (Å²) in [6.45, 7) is 7.59. The first-order valence-electron chi connectivity index (χ1n) is 13.6. The molecule has 1 unspecified atom stereocenters. The second kappa shape index (κ2) is 12.0. The number of alkyl halides is 3. The summed E-state index contributed by atoms with van der Waals surface area (Å²) in [5, 5.41) is 2.49. The van der Waals surface area contributed by atoms with Crippen molar-refractivity contribution in [3.63, 3.8) is 0 Å². The third kappa shape index (κ3) is 6.45. The Balaban J connectivity index is 1.52. The molecule has 42 heavy (non-hydrogen) atoms. The van der Waals surface area contributed by atoms with Crippen LogP contribution in [0.15, 0.2) is 42.7 Å². The second-order valence-corrected chi connectivity index (χ2v) is 11.1. The van der Waals surface area contributed by atoms with E-state index in [1.54, 1.807) is 0 Å². The normalized spacial score (nSPS) is 20.1. The van der Waals surface area contributed by atoms with Gasteiger partial charge in [-0.3, -0.25) is 9.69 Å². The minimum atomic E-state index is -4.69. The van der Waals surface area contributed by atoms with Gasteiger partial charge in [0.1, 0.15) is 5.82 Å². The summed E-state index contributed by atoms with van der Waals surface area (Å²) < 4.78 is 61.3. The molecule has 2 aromatic carbocycles. The van der Waals surface area contributed by atoms with Gasteiger partial charge in [0, 0.05) is 72.4 Å². The van der Waals surface area contributed by atoms with Gasteiger partial charge < -0.3 is 19.9 Å². The molecule has 5 rings (SSSR count). The van der Waals surface area contributed by atoms with Gasteiger partial charge in [-0.1, -0.05) is 11.6 Å². The van der Waals surface area contributed by atoms with Crippen LogP contribution in [0.5, 0.6) is 0 Å². The molecular formula is C29H31ClF4N6O2. The first-order chi connectivity index (χ1) is 19.9. The van der Waals surface area contributed by atoms with Crippen LogP contribution in [-0.4, -0.2) is 79.3 Å². The molecule has 1 N–H and O–H groups in total. The average molecular weight is 607 g/mol. The van der Waals surface area contributed by atoms with Crippen LogP contribution in [0.25, 0.3) is 11.1 Å². The summed E-state index contributed by atoms with van der Waals surface area (Å²) in [6, 6.07) is 5.72.